The summed E-state index contributed by atoms with van der Waals surface area (Å²) < 4.78 is 0. The van der Waals surface area contributed by atoms with E-state index in [-0.39, 0.29) is 11.2 Å². The van der Waals surface area contributed by atoms with Crippen LogP contribution in [0.25, 0.3) is 0 Å². The fourth-order valence-corrected chi connectivity index (χ4v) is 3.99. The molecule has 0 aliphatic carbocycles. The highest BCUT2D eigenvalue weighted by Gasteiger charge is 2.18. The van der Waals surface area contributed by atoms with Crippen LogP contribution in [0.3, 0.4) is 0 Å². The third-order valence-electron chi connectivity index (χ3n) is 4.15. The summed E-state index contributed by atoms with van der Waals surface area (Å²) in [5.74, 6) is 0.557. The number of benzene rings is 2. The first-order valence-corrected chi connectivity index (χ1v) is 9.63. The SMILES string of the molecule is CN(Cc1cccnc1)C(=O)CSC(c1ccccc1)c1ccccc1. The number of carbonyl (C=O) groups excluding carboxylic acids is 1. The van der Waals surface area contributed by atoms with Gasteiger partial charge in [-0.1, -0.05) is 66.7 Å². The highest BCUT2D eigenvalue weighted by Crippen LogP contribution is 2.35. The minimum absolute atomic E-state index is 0.121. The predicted octanol–water partition coefficient (Wildman–Crippen LogP) is 4.56. The summed E-state index contributed by atoms with van der Waals surface area (Å²) in [6.07, 6.45) is 3.54. The Kier molecular flexibility index (Phi) is 6.45. The van der Waals surface area contributed by atoms with Crippen LogP contribution < -0.4 is 0 Å². The van der Waals surface area contributed by atoms with Crippen molar-refractivity contribution in [2.75, 3.05) is 12.8 Å². The molecule has 1 aromatic heterocycles. The van der Waals surface area contributed by atoms with E-state index in [0.717, 1.165) is 5.56 Å². The second kappa shape index (κ2) is 9.20. The molecule has 0 N–H and O–H groups in total. The average molecular weight is 362 g/mol. The van der Waals surface area contributed by atoms with Crippen molar-refractivity contribution in [3.63, 3.8) is 0 Å². The zero-order chi connectivity index (χ0) is 18.2. The third kappa shape index (κ3) is 4.96. The van der Waals surface area contributed by atoms with Gasteiger partial charge in [-0.05, 0) is 22.8 Å². The first-order valence-electron chi connectivity index (χ1n) is 8.58. The molecule has 1 amide bonds. The third-order valence-corrected chi connectivity index (χ3v) is 5.44. The van der Waals surface area contributed by atoms with E-state index >= 15 is 0 Å². The van der Waals surface area contributed by atoms with Gasteiger partial charge in [0.15, 0.2) is 0 Å². The molecule has 4 heteroatoms. The number of amides is 1. The highest BCUT2D eigenvalue weighted by molar-refractivity contribution is 8.00. The highest BCUT2D eigenvalue weighted by atomic mass is 32.2. The molecule has 3 nitrogen and oxygen atoms in total. The lowest BCUT2D eigenvalue weighted by Crippen LogP contribution is -2.28. The molecule has 3 rings (SSSR count). The lowest BCUT2D eigenvalue weighted by Gasteiger charge is -2.21. The van der Waals surface area contributed by atoms with E-state index in [1.807, 2.05) is 55.6 Å². The Morgan fingerprint density at radius 3 is 2.12 bits per heavy atom. The normalized spacial score (nSPS) is 10.7. The Morgan fingerprint density at radius 1 is 0.962 bits per heavy atom. The maximum atomic E-state index is 12.6. The molecule has 0 aliphatic rings. The van der Waals surface area contributed by atoms with Gasteiger partial charge in [-0.25, -0.2) is 0 Å². The molecule has 3 aromatic rings. The van der Waals surface area contributed by atoms with Crippen molar-refractivity contribution in [3.8, 4) is 0 Å². The first-order chi connectivity index (χ1) is 12.7. The number of hydrogen-bond acceptors (Lipinski definition) is 3. The van der Waals surface area contributed by atoms with Crippen molar-refractivity contribution < 1.29 is 4.79 Å². The molecule has 26 heavy (non-hydrogen) atoms. The van der Waals surface area contributed by atoms with Crippen molar-refractivity contribution in [3.05, 3.63) is 102 Å². The van der Waals surface area contributed by atoms with Gasteiger partial charge in [-0.2, -0.15) is 0 Å². The molecule has 1 heterocycles. The largest absolute Gasteiger partial charge is 0.341 e. The van der Waals surface area contributed by atoms with E-state index in [1.54, 1.807) is 29.1 Å². The molecular weight excluding hydrogens is 340 g/mol. The topological polar surface area (TPSA) is 33.2 Å². The van der Waals surface area contributed by atoms with E-state index in [9.17, 15) is 4.79 Å². The van der Waals surface area contributed by atoms with Crippen LogP contribution in [-0.4, -0.2) is 28.6 Å². The van der Waals surface area contributed by atoms with Crippen molar-refractivity contribution in [1.29, 1.82) is 0 Å². The molecule has 0 radical (unpaired) electrons. The Bertz CT molecular complexity index is 770. The zero-order valence-corrected chi connectivity index (χ0v) is 15.6. The number of rotatable bonds is 7. The molecule has 0 saturated carbocycles. The maximum absolute atomic E-state index is 12.6. The van der Waals surface area contributed by atoms with Crippen LogP contribution in [0.4, 0.5) is 0 Å². The summed E-state index contributed by atoms with van der Waals surface area (Å²) in [7, 11) is 1.84. The molecule has 0 aliphatic heterocycles. The van der Waals surface area contributed by atoms with Crippen LogP contribution in [0.15, 0.2) is 85.2 Å². The molecule has 132 valence electrons. The lowest BCUT2D eigenvalue weighted by atomic mass is 10.0. The minimum Gasteiger partial charge on any atom is -0.341 e. The minimum atomic E-state index is 0.121. The van der Waals surface area contributed by atoms with Gasteiger partial charge in [0.2, 0.25) is 5.91 Å². The van der Waals surface area contributed by atoms with Crippen molar-refractivity contribution >= 4 is 17.7 Å². The number of nitrogens with zero attached hydrogens (tertiary/aromatic N) is 2. The summed E-state index contributed by atoms with van der Waals surface area (Å²) in [6, 6.07) is 24.6. The number of carbonyl (C=O) groups is 1. The smallest absolute Gasteiger partial charge is 0.232 e. The second-order valence-electron chi connectivity index (χ2n) is 6.12. The number of thioether (sulfide) groups is 1. The molecule has 0 spiro atoms. The molecular formula is C22H22N2OS. The fraction of sp³-hybridized carbons (Fsp3) is 0.182. The molecule has 0 unspecified atom stereocenters. The van der Waals surface area contributed by atoms with Crippen molar-refractivity contribution in [2.45, 2.75) is 11.8 Å². The van der Waals surface area contributed by atoms with Gasteiger partial charge in [-0.3, -0.25) is 9.78 Å². The van der Waals surface area contributed by atoms with E-state index in [2.05, 4.69) is 29.2 Å². The molecule has 0 bridgehead atoms. The molecule has 2 aromatic carbocycles. The van der Waals surface area contributed by atoms with Crippen molar-refractivity contribution in [1.82, 2.24) is 9.88 Å². The quantitative estimate of drug-likeness (QED) is 0.618. The second-order valence-corrected chi connectivity index (χ2v) is 7.22. The van der Waals surface area contributed by atoms with Crippen LogP contribution >= 0.6 is 11.8 Å². The van der Waals surface area contributed by atoms with E-state index < -0.39 is 0 Å². The average Bonchev–Trinajstić information content (AvgIpc) is 2.70. The van der Waals surface area contributed by atoms with Crippen LogP contribution in [0.5, 0.6) is 0 Å². The van der Waals surface area contributed by atoms with E-state index in [4.69, 9.17) is 0 Å². The van der Waals surface area contributed by atoms with Gasteiger partial charge in [0.1, 0.15) is 0 Å². The summed E-state index contributed by atoms with van der Waals surface area (Å²) in [5, 5.41) is 0.146. The Balaban J connectivity index is 1.67. The monoisotopic (exact) mass is 362 g/mol. The number of aromatic nitrogens is 1. The molecule has 0 atom stereocenters. The van der Waals surface area contributed by atoms with Gasteiger partial charge in [-0.15, -0.1) is 11.8 Å². The molecule has 0 saturated heterocycles. The van der Waals surface area contributed by atoms with Crippen LogP contribution in [0.1, 0.15) is 21.9 Å². The van der Waals surface area contributed by atoms with Gasteiger partial charge in [0.25, 0.3) is 0 Å². The lowest BCUT2D eigenvalue weighted by molar-refractivity contribution is -0.127. The fourth-order valence-electron chi connectivity index (χ4n) is 2.76. The van der Waals surface area contributed by atoms with Gasteiger partial charge >= 0.3 is 0 Å². The van der Waals surface area contributed by atoms with Crippen molar-refractivity contribution in [2.24, 2.45) is 0 Å². The van der Waals surface area contributed by atoms with Crippen LogP contribution in [0.2, 0.25) is 0 Å². The standard InChI is InChI=1S/C22H22N2OS/c1-24(16-18-9-8-14-23-15-18)21(25)17-26-22(19-10-4-2-5-11-19)20-12-6-3-7-13-20/h2-15,22H,16-17H2,1H3. The Morgan fingerprint density at radius 2 is 1.58 bits per heavy atom. The summed E-state index contributed by atoms with van der Waals surface area (Å²) >= 11 is 1.67. The number of pyridine rings is 1. The van der Waals surface area contributed by atoms with Crippen LogP contribution in [-0.2, 0) is 11.3 Å². The summed E-state index contributed by atoms with van der Waals surface area (Å²) in [5.41, 5.74) is 3.47. The Hall–Kier alpha value is -2.59. The summed E-state index contributed by atoms with van der Waals surface area (Å²) in [6.45, 7) is 0.578. The van der Waals surface area contributed by atoms with E-state index in [1.165, 1.54) is 11.1 Å². The summed E-state index contributed by atoms with van der Waals surface area (Å²) in [4.78, 5) is 18.5. The maximum Gasteiger partial charge on any atom is 0.232 e. The van der Waals surface area contributed by atoms with Gasteiger partial charge < -0.3 is 4.90 Å². The van der Waals surface area contributed by atoms with E-state index in [0.29, 0.717) is 12.3 Å². The zero-order valence-electron chi connectivity index (χ0n) is 14.8. The molecule has 0 fully saturated rings. The number of hydrogen-bond donors (Lipinski definition) is 0. The van der Waals surface area contributed by atoms with Crippen LogP contribution in [0, 0.1) is 0 Å². The van der Waals surface area contributed by atoms with Gasteiger partial charge in [0, 0.05) is 26.0 Å². The van der Waals surface area contributed by atoms with Gasteiger partial charge in [0.05, 0.1) is 11.0 Å². The first kappa shape index (κ1) is 18.2. The Labute approximate surface area is 159 Å². The predicted molar refractivity (Wildman–Crippen MR) is 108 cm³/mol.